The number of thioether (sulfide) groups is 1. The SMILES string of the molecule is CC1(CNc2cc(C(=O)O)c([N+](=O)[O-])cn2)CCCS1. The molecule has 7 nitrogen and oxygen atoms in total. The third-order valence-electron chi connectivity index (χ3n) is 3.25. The van der Waals surface area contributed by atoms with Crippen LogP contribution < -0.4 is 5.32 Å². The third-order valence-corrected chi connectivity index (χ3v) is 4.79. The van der Waals surface area contributed by atoms with Gasteiger partial charge in [0.25, 0.3) is 0 Å². The molecule has 0 amide bonds. The molecule has 1 aromatic heterocycles. The van der Waals surface area contributed by atoms with E-state index in [1.807, 2.05) is 11.8 Å². The summed E-state index contributed by atoms with van der Waals surface area (Å²) in [6, 6.07) is 1.21. The van der Waals surface area contributed by atoms with E-state index in [0.717, 1.165) is 24.8 Å². The van der Waals surface area contributed by atoms with Crippen molar-refractivity contribution in [1.82, 2.24) is 4.98 Å². The molecule has 1 saturated heterocycles. The smallest absolute Gasteiger partial charge is 0.342 e. The van der Waals surface area contributed by atoms with Crippen LogP contribution in [0, 0.1) is 10.1 Å². The molecular weight excluding hydrogens is 282 g/mol. The summed E-state index contributed by atoms with van der Waals surface area (Å²) in [6.07, 6.45) is 3.23. The van der Waals surface area contributed by atoms with Crippen LogP contribution in [0.5, 0.6) is 0 Å². The van der Waals surface area contributed by atoms with Gasteiger partial charge in [0.1, 0.15) is 17.6 Å². The van der Waals surface area contributed by atoms with Gasteiger partial charge in [0.2, 0.25) is 0 Å². The van der Waals surface area contributed by atoms with Gasteiger partial charge < -0.3 is 10.4 Å². The highest BCUT2D eigenvalue weighted by Crippen LogP contribution is 2.37. The standard InChI is InChI=1S/C12H15N3O4S/c1-12(3-2-4-20-12)7-14-10-5-8(11(16)17)9(6-13-10)15(18)19/h5-6H,2-4,7H2,1H3,(H,13,14)(H,16,17). The molecule has 0 bridgehead atoms. The highest BCUT2D eigenvalue weighted by Gasteiger charge is 2.29. The van der Waals surface area contributed by atoms with Gasteiger partial charge in [0, 0.05) is 17.4 Å². The lowest BCUT2D eigenvalue weighted by atomic mass is 10.1. The first-order valence-electron chi connectivity index (χ1n) is 6.17. The number of aromatic nitrogens is 1. The molecule has 0 saturated carbocycles. The van der Waals surface area contributed by atoms with Crippen molar-refractivity contribution in [2.24, 2.45) is 0 Å². The summed E-state index contributed by atoms with van der Waals surface area (Å²) in [6.45, 7) is 2.79. The van der Waals surface area contributed by atoms with Crippen molar-refractivity contribution in [2.45, 2.75) is 24.5 Å². The van der Waals surface area contributed by atoms with Crippen LogP contribution in [0.2, 0.25) is 0 Å². The van der Waals surface area contributed by atoms with Crippen LogP contribution in [0.25, 0.3) is 0 Å². The molecule has 1 aromatic rings. The van der Waals surface area contributed by atoms with Gasteiger partial charge in [0.05, 0.1) is 4.92 Å². The molecule has 1 fully saturated rings. The van der Waals surface area contributed by atoms with Crippen LogP contribution >= 0.6 is 11.8 Å². The molecule has 2 rings (SSSR count). The number of nitrogens with zero attached hydrogens (tertiary/aromatic N) is 2. The second-order valence-electron chi connectivity index (χ2n) is 4.90. The van der Waals surface area contributed by atoms with Crippen molar-refractivity contribution in [3.63, 3.8) is 0 Å². The van der Waals surface area contributed by atoms with Crippen LogP contribution in [-0.4, -0.2) is 38.0 Å². The lowest BCUT2D eigenvalue weighted by Gasteiger charge is -2.23. The zero-order chi connectivity index (χ0) is 14.8. The number of hydrogen-bond acceptors (Lipinski definition) is 6. The molecule has 1 aliphatic heterocycles. The van der Waals surface area contributed by atoms with Crippen LogP contribution in [0.1, 0.15) is 30.1 Å². The van der Waals surface area contributed by atoms with Gasteiger partial charge in [-0.2, -0.15) is 11.8 Å². The fourth-order valence-electron chi connectivity index (χ4n) is 2.12. The van der Waals surface area contributed by atoms with Crippen molar-refractivity contribution < 1.29 is 14.8 Å². The van der Waals surface area contributed by atoms with Crippen LogP contribution in [0.4, 0.5) is 11.5 Å². The first kappa shape index (κ1) is 14.6. The average Bonchev–Trinajstić information content (AvgIpc) is 2.83. The Morgan fingerprint density at radius 3 is 3.00 bits per heavy atom. The number of aromatic carboxylic acids is 1. The first-order chi connectivity index (χ1) is 9.41. The molecule has 20 heavy (non-hydrogen) atoms. The van der Waals surface area contributed by atoms with Gasteiger partial charge >= 0.3 is 11.7 Å². The third kappa shape index (κ3) is 3.19. The minimum Gasteiger partial charge on any atom is -0.477 e. The number of pyridine rings is 1. The predicted octanol–water partition coefficient (Wildman–Crippen LogP) is 2.39. The summed E-state index contributed by atoms with van der Waals surface area (Å²) in [5.41, 5.74) is -0.846. The molecule has 0 aliphatic carbocycles. The zero-order valence-corrected chi connectivity index (χ0v) is 11.8. The van der Waals surface area contributed by atoms with Crippen molar-refractivity contribution in [3.8, 4) is 0 Å². The lowest BCUT2D eigenvalue weighted by Crippen LogP contribution is -2.27. The van der Waals surface area contributed by atoms with E-state index in [1.54, 1.807) is 0 Å². The average molecular weight is 297 g/mol. The van der Waals surface area contributed by atoms with Crippen LogP contribution in [-0.2, 0) is 0 Å². The number of nitrogens with one attached hydrogen (secondary N) is 1. The second-order valence-corrected chi connectivity index (χ2v) is 6.59. The van der Waals surface area contributed by atoms with Crippen molar-refractivity contribution in [1.29, 1.82) is 0 Å². The minimum atomic E-state index is -1.33. The van der Waals surface area contributed by atoms with E-state index in [0.29, 0.717) is 12.4 Å². The fourth-order valence-corrected chi connectivity index (χ4v) is 3.36. The number of carbonyl (C=O) groups is 1. The minimum absolute atomic E-state index is 0.104. The van der Waals surface area contributed by atoms with Gasteiger partial charge in [-0.25, -0.2) is 9.78 Å². The van der Waals surface area contributed by atoms with E-state index in [1.165, 1.54) is 6.07 Å². The normalized spacial score (nSPS) is 21.6. The Balaban J connectivity index is 2.15. The van der Waals surface area contributed by atoms with E-state index >= 15 is 0 Å². The van der Waals surface area contributed by atoms with E-state index in [-0.39, 0.29) is 10.3 Å². The number of anilines is 1. The van der Waals surface area contributed by atoms with Gasteiger partial charge in [-0.05, 0) is 25.5 Å². The molecule has 108 valence electrons. The molecule has 1 unspecified atom stereocenters. The van der Waals surface area contributed by atoms with Crippen molar-refractivity contribution in [2.75, 3.05) is 17.6 Å². The predicted molar refractivity (Wildman–Crippen MR) is 76.4 cm³/mol. The van der Waals surface area contributed by atoms with Crippen LogP contribution in [0.3, 0.4) is 0 Å². The van der Waals surface area contributed by atoms with E-state index in [2.05, 4.69) is 17.2 Å². The molecule has 0 spiro atoms. The summed E-state index contributed by atoms with van der Waals surface area (Å²) in [5.74, 6) is 0.136. The Bertz CT molecular complexity index is 544. The molecule has 2 N–H and O–H groups in total. The summed E-state index contributed by atoms with van der Waals surface area (Å²) >= 11 is 1.87. The molecule has 1 aliphatic rings. The number of carboxylic acid groups (broad SMARTS) is 1. The Morgan fingerprint density at radius 1 is 1.70 bits per heavy atom. The van der Waals surface area contributed by atoms with E-state index < -0.39 is 16.6 Å². The molecule has 0 radical (unpaired) electrons. The molecule has 0 aromatic carbocycles. The lowest BCUT2D eigenvalue weighted by molar-refractivity contribution is -0.385. The molecule has 2 heterocycles. The summed E-state index contributed by atoms with van der Waals surface area (Å²) < 4.78 is 0.104. The highest BCUT2D eigenvalue weighted by atomic mass is 32.2. The van der Waals surface area contributed by atoms with Crippen molar-refractivity contribution >= 4 is 29.2 Å². The Hall–Kier alpha value is -1.83. The van der Waals surface area contributed by atoms with Gasteiger partial charge in [-0.3, -0.25) is 10.1 Å². The van der Waals surface area contributed by atoms with E-state index in [4.69, 9.17) is 5.11 Å². The maximum atomic E-state index is 11.0. The van der Waals surface area contributed by atoms with Gasteiger partial charge in [0.15, 0.2) is 0 Å². The Kier molecular flexibility index (Phi) is 4.12. The Labute approximate surface area is 119 Å². The summed E-state index contributed by atoms with van der Waals surface area (Å²) in [5, 5.41) is 22.8. The number of rotatable bonds is 5. The highest BCUT2D eigenvalue weighted by molar-refractivity contribution is 8.00. The van der Waals surface area contributed by atoms with Gasteiger partial charge in [-0.1, -0.05) is 0 Å². The number of carboxylic acids is 1. The Morgan fingerprint density at radius 2 is 2.45 bits per heavy atom. The summed E-state index contributed by atoms with van der Waals surface area (Å²) in [7, 11) is 0. The second kappa shape index (κ2) is 5.66. The number of nitro groups is 1. The fraction of sp³-hybridized carbons (Fsp3) is 0.500. The molecular formula is C12H15N3O4S. The zero-order valence-electron chi connectivity index (χ0n) is 11.0. The number of hydrogen-bond donors (Lipinski definition) is 2. The molecule has 1 atom stereocenters. The first-order valence-corrected chi connectivity index (χ1v) is 7.15. The largest absolute Gasteiger partial charge is 0.477 e. The van der Waals surface area contributed by atoms with E-state index in [9.17, 15) is 14.9 Å². The maximum absolute atomic E-state index is 11.0. The monoisotopic (exact) mass is 297 g/mol. The van der Waals surface area contributed by atoms with Crippen molar-refractivity contribution in [3.05, 3.63) is 27.9 Å². The van der Waals surface area contributed by atoms with Crippen LogP contribution in [0.15, 0.2) is 12.3 Å². The van der Waals surface area contributed by atoms with Gasteiger partial charge in [-0.15, -0.1) is 0 Å². The topological polar surface area (TPSA) is 105 Å². The summed E-state index contributed by atoms with van der Waals surface area (Å²) in [4.78, 5) is 24.9. The quantitative estimate of drug-likeness (QED) is 0.635. The molecule has 8 heteroatoms. The maximum Gasteiger partial charge on any atom is 0.342 e.